The second-order valence-electron chi connectivity index (χ2n) is 3.80. The Labute approximate surface area is 104 Å². The average molecular weight is 247 g/mol. The fourth-order valence-corrected chi connectivity index (χ4v) is 1.45. The predicted molar refractivity (Wildman–Crippen MR) is 63.6 cm³/mol. The first-order valence-electron chi connectivity index (χ1n) is 5.42. The lowest BCUT2D eigenvalue weighted by Crippen LogP contribution is -2.29. The minimum absolute atomic E-state index is 0.00434. The molecule has 0 atom stereocenters. The molecular formula is C11H13N5O2. The topological polar surface area (TPSA) is 98.1 Å². The number of nitrogens with two attached hydrogens (primary N) is 1. The summed E-state index contributed by atoms with van der Waals surface area (Å²) in [7, 11) is 1.67. The van der Waals surface area contributed by atoms with E-state index in [1.165, 1.54) is 4.90 Å². The highest BCUT2D eigenvalue weighted by molar-refractivity contribution is 5.95. The van der Waals surface area contributed by atoms with Gasteiger partial charge in [-0.2, -0.15) is 0 Å². The Morgan fingerprint density at radius 2 is 2.28 bits per heavy atom. The van der Waals surface area contributed by atoms with Gasteiger partial charge in [-0.1, -0.05) is 6.07 Å². The second kappa shape index (κ2) is 5.26. The maximum atomic E-state index is 11.9. The summed E-state index contributed by atoms with van der Waals surface area (Å²) < 4.78 is 4.39. The third-order valence-electron chi connectivity index (χ3n) is 2.49. The Morgan fingerprint density at radius 3 is 2.89 bits per heavy atom. The molecule has 0 bridgehead atoms. The SMILES string of the molecule is CN(CCc1ccccn1)C(=O)c1nonc1N. The summed E-state index contributed by atoms with van der Waals surface area (Å²) in [6, 6.07) is 5.66. The fourth-order valence-electron chi connectivity index (χ4n) is 1.45. The van der Waals surface area contributed by atoms with Crippen LogP contribution in [0.4, 0.5) is 5.82 Å². The van der Waals surface area contributed by atoms with Crippen LogP contribution in [0, 0.1) is 0 Å². The van der Waals surface area contributed by atoms with Gasteiger partial charge in [0.2, 0.25) is 11.5 Å². The Morgan fingerprint density at radius 1 is 1.44 bits per heavy atom. The molecule has 2 N–H and O–H groups in total. The zero-order chi connectivity index (χ0) is 13.0. The fraction of sp³-hybridized carbons (Fsp3) is 0.273. The van der Waals surface area contributed by atoms with Gasteiger partial charge in [-0.05, 0) is 22.4 Å². The van der Waals surface area contributed by atoms with Gasteiger partial charge in [-0.25, -0.2) is 4.63 Å². The van der Waals surface area contributed by atoms with Crippen molar-refractivity contribution in [1.29, 1.82) is 0 Å². The van der Waals surface area contributed by atoms with E-state index in [0.717, 1.165) is 5.69 Å². The number of hydrogen-bond acceptors (Lipinski definition) is 6. The van der Waals surface area contributed by atoms with E-state index in [2.05, 4.69) is 19.9 Å². The molecule has 2 rings (SSSR count). The number of nitrogen functional groups attached to an aromatic ring is 1. The summed E-state index contributed by atoms with van der Waals surface area (Å²) in [5, 5.41) is 6.84. The van der Waals surface area contributed by atoms with Crippen molar-refractivity contribution in [2.24, 2.45) is 0 Å². The minimum Gasteiger partial charge on any atom is -0.379 e. The minimum atomic E-state index is -0.315. The van der Waals surface area contributed by atoms with Gasteiger partial charge in [0.05, 0.1) is 0 Å². The highest BCUT2D eigenvalue weighted by atomic mass is 16.6. The lowest BCUT2D eigenvalue weighted by atomic mass is 10.2. The van der Waals surface area contributed by atoms with Crippen LogP contribution in [0.15, 0.2) is 29.0 Å². The summed E-state index contributed by atoms with van der Waals surface area (Å²) in [5.41, 5.74) is 6.42. The third-order valence-corrected chi connectivity index (χ3v) is 2.49. The van der Waals surface area contributed by atoms with E-state index >= 15 is 0 Å². The van der Waals surface area contributed by atoms with Gasteiger partial charge in [0.15, 0.2) is 0 Å². The molecule has 0 spiro atoms. The zero-order valence-corrected chi connectivity index (χ0v) is 9.91. The van der Waals surface area contributed by atoms with E-state index in [9.17, 15) is 4.79 Å². The molecule has 2 aromatic heterocycles. The Kier molecular flexibility index (Phi) is 3.52. The quantitative estimate of drug-likeness (QED) is 0.837. The van der Waals surface area contributed by atoms with Crippen LogP contribution in [0.5, 0.6) is 0 Å². The molecule has 1 amide bonds. The molecule has 7 nitrogen and oxygen atoms in total. The van der Waals surface area contributed by atoms with Gasteiger partial charge in [0.25, 0.3) is 5.91 Å². The molecule has 0 aromatic carbocycles. The van der Waals surface area contributed by atoms with Crippen LogP contribution in [-0.4, -0.2) is 39.7 Å². The molecule has 0 unspecified atom stereocenters. The third kappa shape index (κ3) is 2.62. The molecule has 0 radical (unpaired) electrons. The Hall–Kier alpha value is -2.44. The van der Waals surface area contributed by atoms with E-state index < -0.39 is 0 Å². The number of carbonyl (C=O) groups excluding carboxylic acids is 1. The van der Waals surface area contributed by atoms with Crippen molar-refractivity contribution < 1.29 is 9.42 Å². The number of nitrogens with zero attached hydrogens (tertiary/aromatic N) is 4. The van der Waals surface area contributed by atoms with Crippen LogP contribution in [0.3, 0.4) is 0 Å². The molecule has 2 aromatic rings. The first kappa shape index (κ1) is 12.0. The van der Waals surface area contributed by atoms with Gasteiger partial charge >= 0.3 is 0 Å². The maximum Gasteiger partial charge on any atom is 0.279 e. The van der Waals surface area contributed by atoms with Crippen LogP contribution in [0.2, 0.25) is 0 Å². The van der Waals surface area contributed by atoms with Crippen molar-refractivity contribution in [2.45, 2.75) is 6.42 Å². The molecule has 0 aliphatic heterocycles. The van der Waals surface area contributed by atoms with E-state index in [1.807, 2.05) is 18.2 Å². The maximum absolute atomic E-state index is 11.9. The number of hydrogen-bond donors (Lipinski definition) is 1. The van der Waals surface area contributed by atoms with Crippen molar-refractivity contribution in [2.75, 3.05) is 19.3 Å². The lowest BCUT2D eigenvalue weighted by molar-refractivity contribution is 0.0786. The lowest BCUT2D eigenvalue weighted by Gasteiger charge is -2.14. The number of carbonyl (C=O) groups is 1. The van der Waals surface area contributed by atoms with E-state index in [4.69, 9.17) is 5.73 Å². The monoisotopic (exact) mass is 247 g/mol. The standard InChI is InChI=1S/C11H13N5O2/c1-16(7-5-8-4-2-3-6-13-8)11(17)9-10(12)15-18-14-9/h2-4,6H,5,7H2,1H3,(H2,12,15). The summed E-state index contributed by atoms with van der Waals surface area (Å²) in [6.45, 7) is 0.516. The normalized spacial score (nSPS) is 10.3. The van der Waals surface area contributed by atoms with Gasteiger partial charge < -0.3 is 10.6 Å². The average Bonchev–Trinajstić information content (AvgIpc) is 2.82. The van der Waals surface area contributed by atoms with Crippen molar-refractivity contribution >= 4 is 11.7 Å². The molecule has 18 heavy (non-hydrogen) atoms. The number of likely N-dealkylation sites (N-methyl/N-ethyl adjacent to an activating group) is 1. The van der Waals surface area contributed by atoms with Crippen molar-refractivity contribution in [3.05, 3.63) is 35.8 Å². The van der Waals surface area contributed by atoms with Gasteiger partial charge in [0.1, 0.15) is 0 Å². The van der Waals surface area contributed by atoms with Crippen LogP contribution in [0.25, 0.3) is 0 Å². The first-order valence-corrected chi connectivity index (χ1v) is 5.42. The largest absolute Gasteiger partial charge is 0.379 e. The highest BCUT2D eigenvalue weighted by Crippen LogP contribution is 2.07. The first-order chi connectivity index (χ1) is 8.68. The number of rotatable bonds is 4. The van der Waals surface area contributed by atoms with Crippen LogP contribution < -0.4 is 5.73 Å². The second-order valence-corrected chi connectivity index (χ2v) is 3.80. The van der Waals surface area contributed by atoms with Gasteiger partial charge in [0, 0.05) is 31.9 Å². The Balaban J connectivity index is 1.95. The van der Waals surface area contributed by atoms with E-state index in [0.29, 0.717) is 13.0 Å². The van der Waals surface area contributed by atoms with Gasteiger partial charge in [-0.3, -0.25) is 9.78 Å². The van der Waals surface area contributed by atoms with Crippen molar-refractivity contribution in [1.82, 2.24) is 20.2 Å². The van der Waals surface area contributed by atoms with E-state index in [-0.39, 0.29) is 17.4 Å². The number of anilines is 1. The molecule has 0 saturated carbocycles. The molecule has 7 heteroatoms. The van der Waals surface area contributed by atoms with Gasteiger partial charge in [-0.15, -0.1) is 0 Å². The van der Waals surface area contributed by atoms with Crippen LogP contribution >= 0.6 is 0 Å². The van der Waals surface area contributed by atoms with Crippen molar-refractivity contribution in [3.63, 3.8) is 0 Å². The predicted octanol–water partition coefficient (Wildman–Crippen LogP) is 0.362. The summed E-state index contributed by atoms with van der Waals surface area (Å²) >= 11 is 0. The molecule has 2 heterocycles. The summed E-state index contributed by atoms with van der Waals surface area (Å²) in [6.07, 6.45) is 2.38. The van der Waals surface area contributed by atoms with Crippen molar-refractivity contribution in [3.8, 4) is 0 Å². The number of aromatic nitrogens is 3. The molecular weight excluding hydrogens is 234 g/mol. The molecule has 0 aliphatic rings. The molecule has 0 aliphatic carbocycles. The summed E-state index contributed by atoms with van der Waals surface area (Å²) in [5.74, 6) is -0.311. The highest BCUT2D eigenvalue weighted by Gasteiger charge is 2.19. The van der Waals surface area contributed by atoms with E-state index in [1.54, 1.807) is 13.2 Å². The molecule has 0 fully saturated rings. The number of pyridine rings is 1. The Bertz CT molecular complexity index is 525. The zero-order valence-electron chi connectivity index (χ0n) is 9.91. The number of amides is 1. The van der Waals surface area contributed by atoms with Crippen LogP contribution in [0.1, 0.15) is 16.2 Å². The molecule has 0 saturated heterocycles. The summed E-state index contributed by atoms with van der Waals surface area (Å²) in [4.78, 5) is 17.6. The van der Waals surface area contributed by atoms with Crippen LogP contribution in [-0.2, 0) is 6.42 Å². The molecule has 94 valence electrons. The smallest absolute Gasteiger partial charge is 0.279 e.